The molecule has 14 heavy (non-hydrogen) atoms. The first kappa shape index (κ1) is 7.90. The third-order valence-electron chi connectivity index (χ3n) is 6.48. The summed E-state index contributed by atoms with van der Waals surface area (Å²) in [7, 11) is 0. The molecular weight excluding hydrogens is 172 g/mol. The van der Waals surface area contributed by atoms with Crippen molar-refractivity contribution < 1.29 is 4.79 Å². The van der Waals surface area contributed by atoms with Gasteiger partial charge in [-0.15, -0.1) is 0 Å². The molecule has 0 heterocycles. The Labute approximate surface area is 85.3 Å². The van der Waals surface area contributed by atoms with E-state index in [1.807, 2.05) is 0 Å². The molecule has 76 valence electrons. The number of hydrogen-bond acceptors (Lipinski definition) is 1. The second-order valence-corrected chi connectivity index (χ2v) is 6.25. The number of hydrogen-bond donors (Lipinski definition) is 0. The number of fused-ring (bicyclic) bond motifs is 2. The van der Waals surface area contributed by atoms with Crippen LogP contribution in [0.5, 0.6) is 0 Å². The molecule has 1 nitrogen and oxygen atoms in total. The molecule has 0 bridgehead atoms. The highest BCUT2D eigenvalue weighted by Crippen LogP contribution is 2.83. The Kier molecular flexibility index (Phi) is 1.11. The fourth-order valence-corrected chi connectivity index (χ4v) is 5.20. The van der Waals surface area contributed by atoms with Crippen LogP contribution >= 0.6 is 0 Å². The maximum absolute atomic E-state index is 11.9. The van der Waals surface area contributed by atoms with Crippen LogP contribution in [0.3, 0.4) is 0 Å². The molecule has 4 saturated carbocycles. The smallest absolute Gasteiger partial charge is 0.140 e. The van der Waals surface area contributed by atoms with Gasteiger partial charge in [0, 0.05) is 11.8 Å². The lowest BCUT2D eigenvalue weighted by Gasteiger charge is -2.78. The van der Waals surface area contributed by atoms with Crippen LogP contribution in [0.2, 0.25) is 0 Å². The van der Waals surface area contributed by atoms with Gasteiger partial charge >= 0.3 is 0 Å². The van der Waals surface area contributed by atoms with Crippen molar-refractivity contribution in [3.05, 3.63) is 0 Å². The van der Waals surface area contributed by atoms with E-state index in [0.717, 1.165) is 6.42 Å². The van der Waals surface area contributed by atoms with E-state index in [-0.39, 0.29) is 5.41 Å². The van der Waals surface area contributed by atoms with Crippen LogP contribution in [0, 0.1) is 16.2 Å². The van der Waals surface area contributed by atoms with Crippen molar-refractivity contribution in [1.29, 1.82) is 0 Å². The SMILES string of the molecule is O=C1C[C@@]2(CCC23CCC3)C12CCC2. The van der Waals surface area contributed by atoms with Crippen LogP contribution in [0.25, 0.3) is 0 Å². The van der Waals surface area contributed by atoms with E-state index < -0.39 is 0 Å². The molecule has 1 atom stereocenters. The Morgan fingerprint density at radius 1 is 0.857 bits per heavy atom. The Morgan fingerprint density at radius 3 is 1.86 bits per heavy atom. The number of Topliss-reactive ketones (excluding diaryl/α,β-unsaturated/α-hetero) is 1. The average molecular weight is 190 g/mol. The largest absolute Gasteiger partial charge is 0.299 e. The summed E-state index contributed by atoms with van der Waals surface area (Å²) >= 11 is 0. The van der Waals surface area contributed by atoms with Crippen molar-refractivity contribution in [3.8, 4) is 0 Å². The van der Waals surface area contributed by atoms with Crippen LogP contribution < -0.4 is 0 Å². The minimum Gasteiger partial charge on any atom is -0.299 e. The molecule has 3 spiro atoms. The van der Waals surface area contributed by atoms with Crippen molar-refractivity contribution in [2.75, 3.05) is 0 Å². The Morgan fingerprint density at radius 2 is 1.57 bits per heavy atom. The first-order valence-electron chi connectivity index (χ1n) is 6.28. The Bertz CT molecular complexity index is 317. The predicted molar refractivity (Wildman–Crippen MR) is 53.9 cm³/mol. The highest BCUT2D eigenvalue weighted by Gasteiger charge is 2.78. The lowest BCUT2D eigenvalue weighted by atomic mass is 9.24. The maximum Gasteiger partial charge on any atom is 0.140 e. The zero-order valence-corrected chi connectivity index (χ0v) is 8.77. The highest BCUT2D eigenvalue weighted by molar-refractivity contribution is 5.94. The van der Waals surface area contributed by atoms with Crippen LogP contribution in [0.1, 0.15) is 57.8 Å². The molecule has 1 heteroatoms. The minimum atomic E-state index is 0.242. The zero-order valence-electron chi connectivity index (χ0n) is 8.77. The van der Waals surface area contributed by atoms with E-state index in [2.05, 4.69) is 0 Å². The molecule has 4 aliphatic carbocycles. The second kappa shape index (κ2) is 1.96. The van der Waals surface area contributed by atoms with E-state index in [1.165, 1.54) is 51.4 Å². The summed E-state index contributed by atoms with van der Waals surface area (Å²) in [6.07, 6.45) is 11.9. The number of carbonyl (C=O) groups is 1. The minimum absolute atomic E-state index is 0.242. The highest BCUT2D eigenvalue weighted by atomic mass is 16.1. The van der Waals surface area contributed by atoms with Gasteiger partial charge in [0.2, 0.25) is 0 Å². The van der Waals surface area contributed by atoms with Gasteiger partial charge in [-0.1, -0.05) is 12.8 Å². The molecular formula is C13H18O. The summed E-state index contributed by atoms with van der Waals surface area (Å²) < 4.78 is 0. The normalized spacial score (nSPS) is 45.6. The molecule has 4 rings (SSSR count). The molecule has 0 aromatic rings. The van der Waals surface area contributed by atoms with E-state index >= 15 is 0 Å². The van der Waals surface area contributed by atoms with Gasteiger partial charge < -0.3 is 0 Å². The summed E-state index contributed by atoms with van der Waals surface area (Å²) in [5.41, 5.74) is 1.47. The van der Waals surface area contributed by atoms with Gasteiger partial charge in [-0.05, 0) is 49.4 Å². The molecule has 0 unspecified atom stereocenters. The first-order chi connectivity index (χ1) is 6.75. The van der Waals surface area contributed by atoms with Crippen LogP contribution in [0.4, 0.5) is 0 Å². The fourth-order valence-electron chi connectivity index (χ4n) is 5.20. The van der Waals surface area contributed by atoms with E-state index in [0.29, 0.717) is 16.6 Å². The molecule has 0 aromatic carbocycles. The third kappa shape index (κ3) is 0.498. The summed E-state index contributed by atoms with van der Waals surface area (Å²) in [6.45, 7) is 0. The number of rotatable bonds is 0. The fraction of sp³-hybridized carbons (Fsp3) is 0.923. The number of ketones is 1. The summed E-state index contributed by atoms with van der Waals surface area (Å²) in [5, 5.41) is 0. The maximum atomic E-state index is 11.9. The molecule has 0 amide bonds. The van der Waals surface area contributed by atoms with E-state index in [4.69, 9.17) is 0 Å². The van der Waals surface area contributed by atoms with Gasteiger partial charge in [-0.2, -0.15) is 0 Å². The predicted octanol–water partition coefficient (Wildman–Crippen LogP) is 3.08. The Hall–Kier alpha value is -0.330. The third-order valence-corrected chi connectivity index (χ3v) is 6.48. The van der Waals surface area contributed by atoms with Gasteiger partial charge in [-0.25, -0.2) is 0 Å². The van der Waals surface area contributed by atoms with Crippen LogP contribution in [-0.2, 0) is 4.79 Å². The molecule has 0 N–H and O–H groups in total. The summed E-state index contributed by atoms with van der Waals surface area (Å²) in [4.78, 5) is 11.9. The molecule has 4 aliphatic rings. The average Bonchev–Trinajstić information content (AvgIpc) is 1.90. The molecule has 0 saturated heterocycles. The van der Waals surface area contributed by atoms with Crippen LogP contribution in [-0.4, -0.2) is 5.78 Å². The van der Waals surface area contributed by atoms with Crippen LogP contribution in [0.15, 0.2) is 0 Å². The Balaban J connectivity index is 1.75. The van der Waals surface area contributed by atoms with Gasteiger partial charge in [0.15, 0.2) is 0 Å². The van der Waals surface area contributed by atoms with Gasteiger partial charge in [0.05, 0.1) is 0 Å². The molecule has 0 aromatic heterocycles. The van der Waals surface area contributed by atoms with Crippen molar-refractivity contribution in [2.45, 2.75) is 57.8 Å². The lowest BCUT2D eigenvalue weighted by Crippen LogP contribution is -2.75. The molecule has 0 aliphatic heterocycles. The second-order valence-electron chi connectivity index (χ2n) is 6.25. The summed E-state index contributed by atoms with van der Waals surface area (Å²) in [6, 6.07) is 0. The molecule has 4 fully saturated rings. The van der Waals surface area contributed by atoms with Crippen molar-refractivity contribution in [3.63, 3.8) is 0 Å². The van der Waals surface area contributed by atoms with Crippen molar-refractivity contribution in [1.82, 2.24) is 0 Å². The topological polar surface area (TPSA) is 17.1 Å². The summed E-state index contributed by atoms with van der Waals surface area (Å²) in [5.74, 6) is 0.634. The zero-order chi connectivity index (χ0) is 9.44. The monoisotopic (exact) mass is 190 g/mol. The number of carbonyl (C=O) groups excluding carboxylic acids is 1. The first-order valence-corrected chi connectivity index (χ1v) is 6.28. The van der Waals surface area contributed by atoms with Gasteiger partial charge in [0.25, 0.3) is 0 Å². The van der Waals surface area contributed by atoms with Gasteiger partial charge in [-0.3, -0.25) is 4.79 Å². The van der Waals surface area contributed by atoms with Crippen molar-refractivity contribution in [2.24, 2.45) is 16.2 Å². The van der Waals surface area contributed by atoms with E-state index in [9.17, 15) is 4.79 Å². The van der Waals surface area contributed by atoms with Gasteiger partial charge in [0.1, 0.15) is 5.78 Å². The van der Waals surface area contributed by atoms with Crippen molar-refractivity contribution >= 4 is 5.78 Å². The lowest BCUT2D eigenvalue weighted by molar-refractivity contribution is -0.271. The molecule has 0 radical (unpaired) electrons. The standard InChI is InChI=1S/C13H18O/c14-10-9-13(12(10)5-2-6-12)8-7-11(13)3-1-4-11/h1-9H2/t13-/m1/s1. The van der Waals surface area contributed by atoms with E-state index in [1.54, 1.807) is 0 Å². The quantitative estimate of drug-likeness (QED) is 0.573.